The van der Waals surface area contributed by atoms with Crippen LogP contribution < -0.4 is 5.73 Å². The Morgan fingerprint density at radius 2 is 1.80 bits per heavy atom. The topological polar surface area (TPSA) is 63.4 Å². The molecule has 2 N–H and O–H groups in total. The van der Waals surface area contributed by atoms with Gasteiger partial charge in [-0.1, -0.05) is 40.9 Å². The van der Waals surface area contributed by atoms with Crippen LogP contribution in [-0.4, -0.2) is 29.3 Å². The number of carbonyl (C=O) groups excluding carboxylic acids is 2. The van der Waals surface area contributed by atoms with Crippen LogP contribution in [0.25, 0.3) is 0 Å². The third kappa shape index (κ3) is 4.07. The molecule has 1 aliphatic rings. The fraction of sp³-hybridized carbons (Fsp3) is 0.467. The van der Waals surface area contributed by atoms with Gasteiger partial charge in [0, 0.05) is 10.5 Å². The summed E-state index contributed by atoms with van der Waals surface area (Å²) in [7, 11) is 0. The largest absolute Gasteiger partial charge is 0.368 e. The highest BCUT2D eigenvalue weighted by atomic mass is 79.9. The van der Waals surface area contributed by atoms with E-state index >= 15 is 0 Å². The Morgan fingerprint density at radius 3 is 2.35 bits per heavy atom. The Balaban J connectivity index is 2.05. The predicted octanol–water partition coefficient (Wildman–Crippen LogP) is 2.25. The first-order chi connectivity index (χ1) is 9.56. The van der Waals surface area contributed by atoms with Crippen molar-refractivity contribution in [1.82, 2.24) is 4.90 Å². The van der Waals surface area contributed by atoms with Gasteiger partial charge in [0.2, 0.25) is 11.8 Å². The highest BCUT2D eigenvalue weighted by Crippen LogP contribution is 2.24. The van der Waals surface area contributed by atoms with E-state index in [1.54, 1.807) is 4.90 Å². The van der Waals surface area contributed by atoms with E-state index in [-0.39, 0.29) is 18.5 Å². The van der Waals surface area contributed by atoms with Gasteiger partial charge in [0.15, 0.2) is 0 Å². The lowest BCUT2D eigenvalue weighted by molar-refractivity contribution is -0.136. The van der Waals surface area contributed by atoms with Gasteiger partial charge >= 0.3 is 0 Å². The number of nitrogens with two attached hydrogens (primary N) is 1. The molecule has 0 unspecified atom stereocenters. The third-order valence-corrected chi connectivity index (χ3v) is 4.21. The molecule has 1 aromatic carbocycles. The summed E-state index contributed by atoms with van der Waals surface area (Å²) < 4.78 is 0.985. The smallest absolute Gasteiger partial charge is 0.237 e. The Kier molecular flexibility index (Phi) is 5.17. The van der Waals surface area contributed by atoms with Crippen LogP contribution in [0.2, 0.25) is 0 Å². The molecule has 0 heterocycles. The van der Waals surface area contributed by atoms with Gasteiger partial charge in [-0.05, 0) is 30.5 Å². The zero-order valence-electron chi connectivity index (χ0n) is 11.3. The van der Waals surface area contributed by atoms with E-state index < -0.39 is 5.91 Å². The quantitative estimate of drug-likeness (QED) is 0.894. The minimum Gasteiger partial charge on any atom is -0.368 e. The molecule has 1 saturated carbocycles. The number of primary amides is 1. The Bertz CT molecular complexity index is 481. The third-order valence-electron chi connectivity index (χ3n) is 3.68. The van der Waals surface area contributed by atoms with Gasteiger partial charge in [0.25, 0.3) is 0 Å². The van der Waals surface area contributed by atoms with Crippen LogP contribution in [0.3, 0.4) is 0 Å². The van der Waals surface area contributed by atoms with E-state index in [0.717, 1.165) is 35.7 Å². The van der Waals surface area contributed by atoms with Crippen molar-refractivity contribution in [2.45, 2.75) is 38.1 Å². The Labute approximate surface area is 127 Å². The normalized spacial score (nSPS) is 15.2. The second kappa shape index (κ2) is 6.88. The average molecular weight is 339 g/mol. The number of rotatable bonds is 5. The molecule has 0 radical (unpaired) electrons. The van der Waals surface area contributed by atoms with Crippen molar-refractivity contribution in [3.8, 4) is 0 Å². The summed E-state index contributed by atoms with van der Waals surface area (Å²) in [6, 6.07) is 7.83. The maximum absolute atomic E-state index is 12.4. The van der Waals surface area contributed by atoms with Gasteiger partial charge < -0.3 is 10.6 Å². The molecule has 0 spiro atoms. The Hall–Kier alpha value is -1.36. The molecule has 1 aromatic rings. The first kappa shape index (κ1) is 15.0. The number of carbonyl (C=O) groups is 2. The summed E-state index contributed by atoms with van der Waals surface area (Å²) in [5.41, 5.74) is 6.22. The van der Waals surface area contributed by atoms with E-state index in [0.29, 0.717) is 6.42 Å². The molecular formula is C15H19BrN2O2. The maximum atomic E-state index is 12.4. The molecule has 4 nitrogen and oxygen atoms in total. The van der Waals surface area contributed by atoms with Gasteiger partial charge in [-0.25, -0.2) is 0 Å². The number of hydrogen-bond donors (Lipinski definition) is 1. The van der Waals surface area contributed by atoms with Crippen molar-refractivity contribution in [2.24, 2.45) is 5.73 Å². The lowest BCUT2D eigenvalue weighted by Gasteiger charge is -2.28. The lowest BCUT2D eigenvalue weighted by Crippen LogP contribution is -2.44. The van der Waals surface area contributed by atoms with Crippen molar-refractivity contribution in [2.75, 3.05) is 6.54 Å². The monoisotopic (exact) mass is 338 g/mol. The second-order valence-electron chi connectivity index (χ2n) is 5.23. The van der Waals surface area contributed by atoms with Gasteiger partial charge in [0.05, 0.1) is 13.0 Å². The van der Waals surface area contributed by atoms with Crippen LogP contribution >= 0.6 is 15.9 Å². The summed E-state index contributed by atoms with van der Waals surface area (Å²) in [6.45, 7) is 0.0278. The van der Waals surface area contributed by atoms with E-state index in [1.165, 1.54) is 0 Å². The van der Waals surface area contributed by atoms with Crippen molar-refractivity contribution >= 4 is 27.7 Å². The van der Waals surface area contributed by atoms with Crippen LogP contribution in [0.1, 0.15) is 31.2 Å². The first-order valence-corrected chi connectivity index (χ1v) is 7.68. The average Bonchev–Trinajstić information content (AvgIpc) is 2.92. The van der Waals surface area contributed by atoms with Crippen LogP contribution in [0.4, 0.5) is 0 Å². The number of nitrogens with zero attached hydrogens (tertiary/aromatic N) is 1. The van der Waals surface area contributed by atoms with E-state index in [1.807, 2.05) is 24.3 Å². The Morgan fingerprint density at radius 1 is 1.20 bits per heavy atom. The van der Waals surface area contributed by atoms with Gasteiger partial charge in [0.1, 0.15) is 0 Å². The SMILES string of the molecule is NC(=O)CN(C(=O)Cc1ccc(Br)cc1)C1CCCC1. The summed E-state index contributed by atoms with van der Waals surface area (Å²) in [6.07, 6.45) is 4.49. The molecule has 2 rings (SSSR count). The van der Waals surface area contributed by atoms with Crippen LogP contribution in [0, 0.1) is 0 Å². The molecule has 0 aromatic heterocycles. The number of benzene rings is 1. The number of halogens is 1. The van der Waals surface area contributed by atoms with Gasteiger partial charge in [-0.2, -0.15) is 0 Å². The molecule has 0 atom stereocenters. The standard InChI is InChI=1S/C15H19BrN2O2/c16-12-7-5-11(6-8-12)9-15(20)18(10-14(17)19)13-3-1-2-4-13/h5-8,13H,1-4,9-10H2,(H2,17,19). The summed E-state index contributed by atoms with van der Waals surface area (Å²) in [5, 5.41) is 0. The first-order valence-electron chi connectivity index (χ1n) is 6.88. The van der Waals surface area contributed by atoms with Crippen molar-refractivity contribution in [3.05, 3.63) is 34.3 Å². The molecule has 0 saturated heterocycles. The van der Waals surface area contributed by atoms with Gasteiger partial charge in [-0.15, -0.1) is 0 Å². The van der Waals surface area contributed by atoms with E-state index in [4.69, 9.17) is 5.73 Å². The van der Waals surface area contributed by atoms with Crippen LogP contribution in [-0.2, 0) is 16.0 Å². The molecule has 0 aliphatic heterocycles. The van der Waals surface area contributed by atoms with E-state index in [9.17, 15) is 9.59 Å². The lowest BCUT2D eigenvalue weighted by atomic mass is 10.1. The second-order valence-corrected chi connectivity index (χ2v) is 6.15. The van der Waals surface area contributed by atoms with Crippen molar-refractivity contribution < 1.29 is 9.59 Å². The van der Waals surface area contributed by atoms with Crippen molar-refractivity contribution in [1.29, 1.82) is 0 Å². The zero-order valence-corrected chi connectivity index (χ0v) is 12.9. The molecule has 1 aliphatic carbocycles. The van der Waals surface area contributed by atoms with Crippen molar-refractivity contribution in [3.63, 3.8) is 0 Å². The highest BCUT2D eigenvalue weighted by Gasteiger charge is 2.27. The molecule has 108 valence electrons. The molecule has 2 amide bonds. The summed E-state index contributed by atoms with van der Waals surface area (Å²) in [4.78, 5) is 25.3. The van der Waals surface area contributed by atoms with E-state index in [2.05, 4.69) is 15.9 Å². The summed E-state index contributed by atoms with van der Waals surface area (Å²) >= 11 is 3.37. The predicted molar refractivity (Wildman–Crippen MR) is 81.0 cm³/mol. The molecule has 5 heteroatoms. The minimum atomic E-state index is -0.443. The molecular weight excluding hydrogens is 320 g/mol. The number of amides is 2. The highest BCUT2D eigenvalue weighted by molar-refractivity contribution is 9.10. The minimum absolute atomic E-state index is 0.0157. The van der Waals surface area contributed by atoms with Crippen LogP contribution in [0.5, 0.6) is 0 Å². The molecule has 20 heavy (non-hydrogen) atoms. The molecule has 1 fully saturated rings. The maximum Gasteiger partial charge on any atom is 0.237 e. The number of hydrogen-bond acceptors (Lipinski definition) is 2. The summed E-state index contributed by atoms with van der Waals surface area (Å²) in [5.74, 6) is -0.459. The molecule has 0 bridgehead atoms. The zero-order chi connectivity index (χ0) is 14.5. The van der Waals surface area contributed by atoms with Gasteiger partial charge in [-0.3, -0.25) is 9.59 Å². The fourth-order valence-corrected chi connectivity index (χ4v) is 2.95. The fourth-order valence-electron chi connectivity index (χ4n) is 2.68. The van der Waals surface area contributed by atoms with Crippen LogP contribution in [0.15, 0.2) is 28.7 Å².